The molecule has 116 valence electrons. The maximum Gasteiger partial charge on any atom is 0.289 e. The summed E-state index contributed by atoms with van der Waals surface area (Å²) in [6, 6.07) is 3.52. The van der Waals surface area contributed by atoms with Gasteiger partial charge >= 0.3 is 0 Å². The van der Waals surface area contributed by atoms with Crippen LogP contribution in [0.2, 0.25) is 0 Å². The van der Waals surface area contributed by atoms with Gasteiger partial charge in [-0.15, -0.1) is 11.6 Å². The molecule has 2 aromatic heterocycles. The molecular formula is C15H17ClN4O2. The summed E-state index contributed by atoms with van der Waals surface area (Å²) in [4.78, 5) is 24.8. The Morgan fingerprint density at radius 2 is 1.95 bits per heavy atom. The monoisotopic (exact) mass is 320 g/mol. The highest BCUT2D eigenvalue weighted by Gasteiger charge is 2.25. The first-order chi connectivity index (χ1) is 10.7. The lowest BCUT2D eigenvalue weighted by Crippen LogP contribution is -2.49. The van der Waals surface area contributed by atoms with Crippen LogP contribution in [0.15, 0.2) is 28.9 Å². The van der Waals surface area contributed by atoms with E-state index >= 15 is 0 Å². The number of piperazine rings is 1. The van der Waals surface area contributed by atoms with Crippen LogP contribution in [-0.4, -0.2) is 47.0 Å². The average molecular weight is 321 g/mol. The van der Waals surface area contributed by atoms with Crippen molar-refractivity contribution in [2.45, 2.75) is 12.8 Å². The van der Waals surface area contributed by atoms with Crippen LogP contribution < -0.4 is 4.90 Å². The van der Waals surface area contributed by atoms with Crippen LogP contribution in [-0.2, 0) is 5.88 Å². The number of anilines is 1. The number of carbonyl (C=O) groups is 1. The fourth-order valence-corrected chi connectivity index (χ4v) is 2.74. The van der Waals surface area contributed by atoms with Gasteiger partial charge in [-0.3, -0.25) is 4.79 Å². The van der Waals surface area contributed by atoms with Crippen LogP contribution in [0.5, 0.6) is 0 Å². The molecule has 6 nitrogen and oxygen atoms in total. The number of furan rings is 1. The third-order valence-corrected chi connectivity index (χ3v) is 4.07. The van der Waals surface area contributed by atoms with Gasteiger partial charge in [-0.05, 0) is 19.1 Å². The van der Waals surface area contributed by atoms with Crippen LogP contribution >= 0.6 is 11.6 Å². The zero-order valence-electron chi connectivity index (χ0n) is 12.3. The van der Waals surface area contributed by atoms with Crippen molar-refractivity contribution >= 4 is 23.5 Å². The van der Waals surface area contributed by atoms with Crippen LogP contribution in [0, 0.1) is 6.92 Å². The van der Waals surface area contributed by atoms with E-state index in [-0.39, 0.29) is 5.91 Å². The third kappa shape index (κ3) is 2.92. The highest BCUT2D eigenvalue weighted by molar-refractivity contribution is 6.17. The number of aryl methyl sites for hydroxylation is 1. The molecule has 22 heavy (non-hydrogen) atoms. The molecule has 0 saturated carbocycles. The molecule has 1 saturated heterocycles. The third-order valence-electron chi connectivity index (χ3n) is 3.78. The van der Waals surface area contributed by atoms with E-state index in [0.717, 1.165) is 5.56 Å². The van der Waals surface area contributed by atoms with Crippen LogP contribution in [0.1, 0.15) is 21.9 Å². The number of carbonyl (C=O) groups excluding carboxylic acids is 1. The van der Waals surface area contributed by atoms with Crippen molar-refractivity contribution in [1.82, 2.24) is 14.9 Å². The molecule has 0 atom stereocenters. The summed E-state index contributed by atoms with van der Waals surface area (Å²) >= 11 is 5.82. The van der Waals surface area contributed by atoms with Crippen molar-refractivity contribution in [1.29, 1.82) is 0 Å². The number of rotatable bonds is 3. The molecule has 0 spiro atoms. The molecule has 3 heterocycles. The van der Waals surface area contributed by atoms with Crippen molar-refractivity contribution in [2.24, 2.45) is 0 Å². The zero-order valence-corrected chi connectivity index (χ0v) is 13.1. The van der Waals surface area contributed by atoms with Gasteiger partial charge in [-0.1, -0.05) is 0 Å². The van der Waals surface area contributed by atoms with Gasteiger partial charge in [-0.2, -0.15) is 0 Å². The predicted molar refractivity (Wildman–Crippen MR) is 83.2 cm³/mol. The molecule has 0 radical (unpaired) electrons. The van der Waals surface area contributed by atoms with E-state index in [1.165, 1.54) is 0 Å². The van der Waals surface area contributed by atoms with Crippen molar-refractivity contribution in [3.63, 3.8) is 0 Å². The van der Waals surface area contributed by atoms with Gasteiger partial charge in [0.15, 0.2) is 5.76 Å². The molecule has 1 aliphatic rings. The summed E-state index contributed by atoms with van der Waals surface area (Å²) in [7, 11) is 0. The number of halogens is 1. The molecule has 0 aliphatic carbocycles. The SMILES string of the molecule is Cc1oc(C(=O)N2CCN(c3ncccn3)CC2)cc1CCl. The molecule has 0 unspecified atom stereocenters. The van der Waals surface area contributed by atoms with Gasteiger partial charge in [0.1, 0.15) is 5.76 Å². The van der Waals surface area contributed by atoms with E-state index in [2.05, 4.69) is 14.9 Å². The number of hydrogen-bond acceptors (Lipinski definition) is 5. The van der Waals surface area contributed by atoms with Gasteiger partial charge in [0.05, 0.1) is 5.88 Å². The zero-order chi connectivity index (χ0) is 15.5. The van der Waals surface area contributed by atoms with E-state index in [4.69, 9.17) is 16.0 Å². The molecule has 1 amide bonds. The summed E-state index contributed by atoms with van der Waals surface area (Å²) in [5.74, 6) is 2.02. The minimum atomic E-state index is -0.0897. The largest absolute Gasteiger partial charge is 0.456 e. The van der Waals surface area contributed by atoms with E-state index < -0.39 is 0 Å². The quantitative estimate of drug-likeness (QED) is 0.810. The number of alkyl halides is 1. The van der Waals surface area contributed by atoms with Gasteiger partial charge < -0.3 is 14.2 Å². The fraction of sp³-hybridized carbons (Fsp3) is 0.400. The predicted octanol–water partition coefficient (Wildman–Crippen LogP) is 2.08. The lowest BCUT2D eigenvalue weighted by atomic mass is 10.2. The summed E-state index contributed by atoms with van der Waals surface area (Å²) in [6.07, 6.45) is 3.44. The van der Waals surface area contributed by atoms with Crippen LogP contribution in [0.25, 0.3) is 0 Å². The Balaban J connectivity index is 1.64. The van der Waals surface area contributed by atoms with Crippen LogP contribution in [0.4, 0.5) is 5.95 Å². The number of hydrogen-bond donors (Lipinski definition) is 0. The molecule has 3 rings (SSSR count). The number of nitrogens with zero attached hydrogens (tertiary/aromatic N) is 4. The Hall–Kier alpha value is -2.08. The second-order valence-corrected chi connectivity index (χ2v) is 5.42. The summed E-state index contributed by atoms with van der Waals surface area (Å²) in [6.45, 7) is 4.47. The Morgan fingerprint density at radius 1 is 1.27 bits per heavy atom. The molecule has 1 fully saturated rings. The van der Waals surface area contributed by atoms with E-state index in [0.29, 0.717) is 49.5 Å². The number of amides is 1. The fourth-order valence-electron chi connectivity index (χ4n) is 2.48. The second kappa shape index (κ2) is 6.36. The Labute approximate surface area is 133 Å². The van der Waals surface area contributed by atoms with E-state index in [9.17, 15) is 4.79 Å². The van der Waals surface area contributed by atoms with E-state index in [1.54, 1.807) is 29.4 Å². The van der Waals surface area contributed by atoms with Crippen molar-refractivity contribution < 1.29 is 9.21 Å². The topological polar surface area (TPSA) is 62.5 Å². The van der Waals surface area contributed by atoms with Crippen molar-refractivity contribution in [2.75, 3.05) is 31.1 Å². The highest BCUT2D eigenvalue weighted by Crippen LogP contribution is 2.19. The molecule has 0 bridgehead atoms. The van der Waals surface area contributed by atoms with Gasteiger partial charge in [-0.25, -0.2) is 9.97 Å². The number of aromatic nitrogens is 2. The summed E-state index contributed by atoms with van der Waals surface area (Å²) in [5, 5.41) is 0. The lowest BCUT2D eigenvalue weighted by molar-refractivity contribution is 0.0713. The standard InChI is InChI=1S/C15H17ClN4O2/c1-11-12(10-16)9-13(22-11)14(21)19-5-7-20(8-6-19)15-17-3-2-4-18-15/h2-4,9H,5-8,10H2,1H3. The van der Waals surface area contributed by atoms with E-state index in [1.807, 2.05) is 6.92 Å². The highest BCUT2D eigenvalue weighted by atomic mass is 35.5. The maximum absolute atomic E-state index is 12.5. The smallest absolute Gasteiger partial charge is 0.289 e. The summed E-state index contributed by atoms with van der Waals surface area (Å²) in [5.41, 5.74) is 0.862. The molecular weight excluding hydrogens is 304 g/mol. The first-order valence-corrected chi connectivity index (χ1v) is 7.69. The van der Waals surface area contributed by atoms with Crippen LogP contribution in [0.3, 0.4) is 0 Å². The molecule has 7 heteroatoms. The van der Waals surface area contributed by atoms with Gasteiger partial charge in [0.2, 0.25) is 5.95 Å². The summed E-state index contributed by atoms with van der Waals surface area (Å²) < 4.78 is 5.52. The molecule has 0 N–H and O–H groups in total. The molecule has 2 aromatic rings. The molecule has 0 aromatic carbocycles. The second-order valence-electron chi connectivity index (χ2n) is 5.15. The Morgan fingerprint density at radius 3 is 2.55 bits per heavy atom. The average Bonchev–Trinajstić information content (AvgIpc) is 2.96. The normalized spacial score (nSPS) is 15.2. The maximum atomic E-state index is 12.5. The van der Waals surface area contributed by atoms with Crippen molar-refractivity contribution in [3.8, 4) is 0 Å². The first-order valence-electron chi connectivity index (χ1n) is 7.15. The van der Waals surface area contributed by atoms with Gasteiger partial charge in [0, 0.05) is 44.1 Å². The first kappa shape index (κ1) is 14.8. The minimum Gasteiger partial charge on any atom is -0.456 e. The Bertz CT molecular complexity index is 651. The van der Waals surface area contributed by atoms with Gasteiger partial charge in [0.25, 0.3) is 5.91 Å². The molecule has 1 aliphatic heterocycles. The lowest BCUT2D eigenvalue weighted by Gasteiger charge is -2.34. The minimum absolute atomic E-state index is 0.0897. The Kier molecular flexibility index (Phi) is 4.29. The van der Waals surface area contributed by atoms with Crippen molar-refractivity contribution in [3.05, 3.63) is 41.6 Å².